The molecule has 0 N–H and O–H groups in total. The fourth-order valence-corrected chi connectivity index (χ4v) is 3.18. The smallest absolute Gasteiger partial charge is 0.134 e. The Bertz CT molecular complexity index is 546. The molecule has 1 aliphatic rings. The lowest BCUT2D eigenvalue weighted by Crippen LogP contribution is -2.24. The Morgan fingerprint density at radius 3 is 3.00 bits per heavy atom. The maximum atomic E-state index is 6.08. The molecule has 0 radical (unpaired) electrons. The fourth-order valence-electron chi connectivity index (χ4n) is 2.86. The van der Waals surface area contributed by atoms with Gasteiger partial charge in [-0.1, -0.05) is 18.2 Å². The number of alkyl halides is 1. The van der Waals surface area contributed by atoms with Crippen molar-refractivity contribution in [3.05, 3.63) is 35.6 Å². The lowest BCUT2D eigenvalue weighted by Gasteiger charge is -2.30. The first-order valence-electron chi connectivity index (χ1n) is 6.47. The molecule has 1 saturated heterocycles. The van der Waals surface area contributed by atoms with Crippen LogP contribution in [-0.2, 0) is 4.74 Å². The Morgan fingerprint density at radius 2 is 2.17 bits per heavy atom. The molecule has 1 fully saturated rings. The minimum atomic E-state index is 0.0832. The van der Waals surface area contributed by atoms with Gasteiger partial charge in [-0.2, -0.15) is 0 Å². The van der Waals surface area contributed by atoms with Gasteiger partial charge in [-0.25, -0.2) is 0 Å². The van der Waals surface area contributed by atoms with Crippen molar-refractivity contribution < 1.29 is 9.15 Å². The number of fused-ring (bicyclic) bond motifs is 1. The van der Waals surface area contributed by atoms with Crippen LogP contribution in [0.4, 0.5) is 0 Å². The Morgan fingerprint density at radius 1 is 1.33 bits per heavy atom. The SMILES string of the molecule is Cc1oc2ccccc2c1C1OCCCC1CCl. The van der Waals surface area contributed by atoms with Crippen LogP contribution in [0.1, 0.15) is 30.3 Å². The number of furan rings is 1. The van der Waals surface area contributed by atoms with Gasteiger partial charge in [0.1, 0.15) is 11.3 Å². The third-order valence-corrected chi connectivity index (χ3v) is 4.14. The lowest BCUT2D eigenvalue weighted by molar-refractivity contribution is -0.0208. The Hall–Kier alpha value is -0.990. The molecule has 0 bridgehead atoms. The van der Waals surface area contributed by atoms with Gasteiger partial charge in [0.2, 0.25) is 0 Å². The summed E-state index contributed by atoms with van der Waals surface area (Å²) < 4.78 is 11.8. The van der Waals surface area contributed by atoms with E-state index in [4.69, 9.17) is 20.8 Å². The highest BCUT2D eigenvalue weighted by Gasteiger charge is 2.31. The average Bonchev–Trinajstić information content (AvgIpc) is 2.74. The molecule has 18 heavy (non-hydrogen) atoms. The van der Waals surface area contributed by atoms with Crippen molar-refractivity contribution in [2.24, 2.45) is 5.92 Å². The molecule has 2 nitrogen and oxygen atoms in total. The summed E-state index contributed by atoms with van der Waals surface area (Å²) in [4.78, 5) is 0. The monoisotopic (exact) mass is 264 g/mol. The Balaban J connectivity index is 2.09. The van der Waals surface area contributed by atoms with E-state index in [1.165, 1.54) is 5.56 Å². The number of benzene rings is 1. The summed E-state index contributed by atoms with van der Waals surface area (Å²) in [5.74, 6) is 1.99. The van der Waals surface area contributed by atoms with Crippen molar-refractivity contribution in [2.75, 3.05) is 12.5 Å². The van der Waals surface area contributed by atoms with Crippen molar-refractivity contribution in [3.63, 3.8) is 0 Å². The van der Waals surface area contributed by atoms with Crippen LogP contribution in [0, 0.1) is 12.8 Å². The highest BCUT2D eigenvalue weighted by Crippen LogP contribution is 2.40. The van der Waals surface area contributed by atoms with Gasteiger partial charge in [0.05, 0.1) is 6.10 Å². The van der Waals surface area contributed by atoms with Gasteiger partial charge < -0.3 is 9.15 Å². The van der Waals surface area contributed by atoms with E-state index in [2.05, 4.69) is 6.07 Å². The van der Waals surface area contributed by atoms with Gasteiger partial charge in [0.15, 0.2) is 0 Å². The van der Waals surface area contributed by atoms with Crippen LogP contribution in [0.15, 0.2) is 28.7 Å². The van der Waals surface area contributed by atoms with Crippen LogP contribution in [0.5, 0.6) is 0 Å². The highest BCUT2D eigenvalue weighted by molar-refractivity contribution is 6.18. The summed E-state index contributed by atoms with van der Waals surface area (Å²) in [6, 6.07) is 8.14. The molecule has 1 aliphatic heterocycles. The van der Waals surface area contributed by atoms with Crippen LogP contribution in [0.3, 0.4) is 0 Å². The van der Waals surface area contributed by atoms with E-state index < -0.39 is 0 Å². The predicted octanol–water partition coefficient (Wildman–Crippen LogP) is 4.45. The van der Waals surface area contributed by atoms with Gasteiger partial charge in [-0.3, -0.25) is 0 Å². The Labute approximate surface area is 112 Å². The van der Waals surface area contributed by atoms with E-state index in [1.807, 2.05) is 25.1 Å². The lowest BCUT2D eigenvalue weighted by atomic mass is 9.89. The molecule has 2 aromatic rings. The maximum Gasteiger partial charge on any atom is 0.134 e. The highest BCUT2D eigenvalue weighted by atomic mass is 35.5. The third-order valence-electron chi connectivity index (χ3n) is 3.75. The van der Waals surface area contributed by atoms with Crippen LogP contribution in [-0.4, -0.2) is 12.5 Å². The summed E-state index contributed by atoms with van der Waals surface area (Å²) >= 11 is 6.08. The van der Waals surface area contributed by atoms with Crippen LogP contribution < -0.4 is 0 Å². The minimum absolute atomic E-state index is 0.0832. The van der Waals surface area contributed by atoms with Gasteiger partial charge >= 0.3 is 0 Å². The first-order valence-corrected chi connectivity index (χ1v) is 7.00. The molecule has 0 amide bonds. The zero-order chi connectivity index (χ0) is 12.5. The van der Waals surface area contributed by atoms with E-state index >= 15 is 0 Å². The zero-order valence-electron chi connectivity index (χ0n) is 10.5. The van der Waals surface area contributed by atoms with Crippen LogP contribution >= 0.6 is 11.6 Å². The van der Waals surface area contributed by atoms with E-state index in [-0.39, 0.29) is 6.10 Å². The minimum Gasteiger partial charge on any atom is -0.461 e. The van der Waals surface area contributed by atoms with Gasteiger partial charge in [-0.15, -0.1) is 11.6 Å². The zero-order valence-corrected chi connectivity index (χ0v) is 11.2. The van der Waals surface area contributed by atoms with E-state index in [0.717, 1.165) is 36.2 Å². The number of hydrogen-bond acceptors (Lipinski definition) is 2. The molecule has 3 heteroatoms. The summed E-state index contributed by atoms with van der Waals surface area (Å²) in [6.45, 7) is 2.83. The topological polar surface area (TPSA) is 22.4 Å². The maximum absolute atomic E-state index is 6.08. The third kappa shape index (κ3) is 1.94. The van der Waals surface area contributed by atoms with Gasteiger partial charge in [0.25, 0.3) is 0 Å². The number of rotatable bonds is 2. The summed E-state index contributed by atoms with van der Waals surface area (Å²) in [6.07, 6.45) is 2.32. The standard InChI is InChI=1S/C15H17ClO2/c1-10-14(12-6-2-3-7-13(12)18-10)15-11(9-16)5-4-8-17-15/h2-3,6-7,11,15H,4-5,8-9H2,1H3. The molecule has 2 heterocycles. The number of para-hydroxylation sites is 1. The molecule has 2 atom stereocenters. The molecular formula is C15H17ClO2. The van der Waals surface area contributed by atoms with Gasteiger partial charge in [0, 0.05) is 29.4 Å². The van der Waals surface area contributed by atoms with Crippen LogP contribution in [0.2, 0.25) is 0 Å². The van der Waals surface area contributed by atoms with E-state index in [1.54, 1.807) is 0 Å². The molecular weight excluding hydrogens is 248 g/mol. The van der Waals surface area contributed by atoms with Crippen molar-refractivity contribution in [2.45, 2.75) is 25.9 Å². The number of aryl methyl sites for hydroxylation is 1. The number of ether oxygens (including phenoxy) is 1. The average molecular weight is 265 g/mol. The van der Waals surface area contributed by atoms with E-state index in [9.17, 15) is 0 Å². The first-order chi connectivity index (χ1) is 8.81. The molecule has 0 spiro atoms. The molecule has 2 unspecified atom stereocenters. The van der Waals surface area contributed by atoms with Crippen molar-refractivity contribution >= 4 is 22.6 Å². The van der Waals surface area contributed by atoms with Crippen molar-refractivity contribution in [1.82, 2.24) is 0 Å². The quantitative estimate of drug-likeness (QED) is 0.748. The van der Waals surface area contributed by atoms with Crippen LogP contribution in [0.25, 0.3) is 11.0 Å². The second-order valence-corrected chi connectivity index (χ2v) is 5.22. The summed E-state index contributed by atoms with van der Waals surface area (Å²) in [5, 5.41) is 1.16. The summed E-state index contributed by atoms with van der Waals surface area (Å²) in [7, 11) is 0. The van der Waals surface area contributed by atoms with Crippen molar-refractivity contribution in [3.8, 4) is 0 Å². The fraction of sp³-hybridized carbons (Fsp3) is 0.467. The number of hydrogen-bond donors (Lipinski definition) is 0. The molecule has 0 saturated carbocycles. The summed E-state index contributed by atoms with van der Waals surface area (Å²) in [5.41, 5.74) is 2.13. The largest absolute Gasteiger partial charge is 0.461 e. The molecule has 1 aromatic heterocycles. The number of halogens is 1. The van der Waals surface area contributed by atoms with E-state index in [0.29, 0.717) is 11.8 Å². The first kappa shape index (κ1) is 12.1. The second kappa shape index (κ2) is 4.94. The Kier molecular flexibility index (Phi) is 3.31. The van der Waals surface area contributed by atoms with Gasteiger partial charge in [-0.05, 0) is 25.8 Å². The van der Waals surface area contributed by atoms with Crippen molar-refractivity contribution in [1.29, 1.82) is 0 Å². The molecule has 3 rings (SSSR count). The molecule has 96 valence electrons. The molecule has 1 aromatic carbocycles. The predicted molar refractivity (Wildman–Crippen MR) is 73.1 cm³/mol. The molecule has 0 aliphatic carbocycles. The normalized spacial score (nSPS) is 24.6. The second-order valence-electron chi connectivity index (χ2n) is 4.92.